The molecule has 26 heavy (non-hydrogen) atoms. The summed E-state index contributed by atoms with van der Waals surface area (Å²) in [7, 11) is 0.595. The number of piperazine rings is 1. The van der Waals surface area contributed by atoms with E-state index in [1.54, 1.807) is 7.11 Å². The van der Waals surface area contributed by atoms with Gasteiger partial charge in [-0.05, 0) is 6.07 Å². The fraction of sp³-hybridized carbons (Fsp3) is 0.562. The highest BCUT2D eigenvalue weighted by Gasteiger charge is 2.37. The monoisotopic (exact) mass is 407 g/mol. The first-order chi connectivity index (χ1) is 11.9. The number of benzene rings is 1. The minimum absolute atomic E-state index is 0. The molecule has 148 valence electrons. The second-order valence-corrected chi connectivity index (χ2v) is 7.72. The van der Waals surface area contributed by atoms with Crippen molar-refractivity contribution < 1.29 is 22.7 Å². The van der Waals surface area contributed by atoms with Gasteiger partial charge in [-0.3, -0.25) is 4.79 Å². The molecular weight excluding hydrogens is 382 g/mol. The Morgan fingerprint density at radius 1 is 1.35 bits per heavy atom. The van der Waals surface area contributed by atoms with E-state index in [1.165, 1.54) is 22.8 Å². The Bertz CT molecular complexity index is 701. The Labute approximate surface area is 161 Å². The van der Waals surface area contributed by atoms with Crippen molar-refractivity contribution in [3.05, 3.63) is 29.8 Å². The van der Waals surface area contributed by atoms with Crippen LogP contribution in [0.3, 0.4) is 0 Å². The fourth-order valence-corrected chi connectivity index (χ4v) is 4.33. The average molecular weight is 408 g/mol. The molecule has 0 aromatic heterocycles. The smallest absolute Gasteiger partial charge is 0.306 e. The van der Waals surface area contributed by atoms with Crippen LogP contribution in [-0.4, -0.2) is 70.4 Å². The first kappa shape index (κ1) is 22.7. The number of methoxy groups -OCH3 is 2. The summed E-state index contributed by atoms with van der Waals surface area (Å²) >= 11 is 0. The Balaban J connectivity index is 0.00000338. The number of carbonyl (C=O) groups excluding carboxylic acids is 1. The maximum Gasteiger partial charge on any atom is 0.306 e. The van der Waals surface area contributed by atoms with Gasteiger partial charge in [-0.15, -0.1) is 12.4 Å². The van der Waals surface area contributed by atoms with Crippen LogP contribution in [0.5, 0.6) is 5.75 Å². The summed E-state index contributed by atoms with van der Waals surface area (Å²) < 4.78 is 38.6. The van der Waals surface area contributed by atoms with E-state index in [2.05, 4.69) is 10.1 Å². The van der Waals surface area contributed by atoms with Gasteiger partial charge in [0.05, 0.1) is 26.7 Å². The molecule has 0 saturated carbocycles. The average Bonchev–Trinajstić information content (AvgIpc) is 2.65. The van der Waals surface area contributed by atoms with Crippen molar-refractivity contribution in [3.63, 3.8) is 0 Å². The van der Waals surface area contributed by atoms with Crippen molar-refractivity contribution in [3.8, 4) is 5.75 Å². The summed E-state index contributed by atoms with van der Waals surface area (Å²) in [6, 6.07) is 7.01. The second kappa shape index (κ2) is 10.1. The molecule has 8 nitrogen and oxygen atoms in total. The first-order valence-electron chi connectivity index (χ1n) is 8.05. The van der Waals surface area contributed by atoms with Crippen LogP contribution >= 0.6 is 12.4 Å². The lowest BCUT2D eigenvalue weighted by Crippen LogP contribution is -2.52. The van der Waals surface area contributed by atoms with E-state index in [0.29, 0.717) is 25.4 Å². The van der Waals surface area contributed by atoms with Gasteiger partial charge in [0.25, 0.3) is 10.2 Å². The normalized spacial score (nSPS) is 18.2. The minimum atomic E-state index is -3.72. The number of para-hydroxylation sites is 1. The highest BCUT2D eigenvalue weighted by molar-refractivity contribution is 7.86. The summed E-state index contributed by atoms with van der Waals surface area (Å²) in [5.41, 5.74) is 0.808. The van der Waals surface area contributed by atoms with Crippen molar-refractivity contribution >= 4 is 28.6 Å². The van der Waals surface area contributed by atoms with Gasteiger partial charge >= 0.3 is 5.97 Å². The van der Waals surface area contributed by atoms with Crippen molar-refractivity contribution in [1.29, 1.82) is 0 Å². The number of nitrogens with zero attached hydrogens (tertiary/aromatic N) is 2. The zero-order valence-electron chi connectivity index (χ0n) is 15.2. The SMILES string of the molecule is COC(=O)CCN(C)S(=O)(=O)N1CCNCC1c1ccccc1OC.Cl. The molecule has 1 heterocycles. The maximum atomic E-state index is 13.0. The fourth-order valence-electron chi connectivity index (χ4n) is 2.81. The third kappa shape index (κ3) is 5.08. The quantitative estimate of drug-likeness (QED) is 0.673. The number of halogens is 1. The maximum absolute atomic E-state index is 13.0. The van der Waals surface area contributed by atoms with E-state index in [1.807, 2.05) is 24.3 Å². The standard InChI is InChI=1S/C16H25N3O5S.ClH/c1-18(10-8-16(20)24-3)25(21,22)19-11-9-17-12-14(19)13-6-4-5-7-15(13)23-2;/h4-7,14,17H,8-12H2,1-3H3;1H. The van der Waals surface area contributed by atoms with Crippen LogP contribution in [0.1, 0.15) is 18.0 Å². The molecule has 1 saturated heterocycles. The van der Waals surface area contributed by atoms with Gasteiger partial charge in [0.1, 0.15) is 5.75 Å². The highest BCUT2D eigenvalue weighted by atomic mass is 35.5. The van der Waals surface area contributed by atoms with Crippen molar-refractivity contribution in [2.24, 2.45) is 0 Å². The predicted octanol–water partition coefficient (Wildman–Crippen LogP) is 0.803. The van der Waals surface area contributed by atoms with E-state index in [9.17, 15) is 13.2 Å². The Kier molecular flexibility index (Phi) is 8.78. The molecular formula is C16H26ClN3O5S. The van der Waals surface area contributed by atoms with Gasteiger partial charge < -0.3 is 14.8 Å². The van der Waals surface area contributed by atoms with Crippen LogP contribution in [0.25, 0.3) is 0 Å². The molecule has 1 unspecified atom stereocenters. The minimum Gasteiger partial charge on any atom is -0.496 e. The number of esters is 1. The molecule has 1 aromatic rings. The van der Waals surface area contributed by atoms with E-state index in [0.717, 1.165) is 5.56 Å². The Morgan fingerprint density at radius 2 is 2.04 bits per heavy atom. The molecule has 1 N–H and O–H groups in total. The van der Waals surface area contributed by atoms with Crippen molar-refractivity contribution in [1.82, 2.24) is 13.9 Å². The summed E-state index contributed by atoms with van der Waals surface area (Å²) in [5.74, 6) is 0.206. The third-order valence-corrected chi connectivity index (χ3v) is 6.24. The van der Waals surface area contributed by atoms with Crippen LogP contribution in [0, 0.1) is 0 Å². The van der Waals surface area contributed by atoms with Gasteiger partial charge in [-0.1, -0.05) is 18.2 Å². The molecule has 1 atom stereocenters. The zero-order valence-corrected chi connectivity index (χ0v) is 16.8. The number of nitrogens with one attached hydrogen (secondary N) is 1. The number of carbonyl (C=O) groups is 1. The first-order valence-corrected chi connectivity index (χ1v) is 9.45. The lowest BCUT2D eigenvalue weighted by Gasteiger charge is -2.38. The van der Waals surface area contributed by atoms with Gasteiger partial charge in [-0.25, -0.2) is 0 Å². The third-order valence-electron chi connectivity index (χ3n) is 4.24. The molecule has 2 rings (SSSR count). The van der Waals surface area contributed by atoms with Gasteiger partial charge in [0.2, 0.25) is 0 Å². The molecule has 0 spiro atoms. The molecule has 10 heteroatoms. The van der Waals surface area contributed by atoms with Crippen LogP contribution in [0.15, 0.2) is 24.3 Å². The summed E-state index contributed by atoms with van der Waals surface area (Å²) in [5, 5.41) is 3.23. The topological polar surface area (TPSA) is 88.2 Å². The molecule has 0 amide bonds. The van der Waals surface area contributed by atoms with E-state index in [4.69, 9.17) is 4.74 Å². The molecule has 1 fully saturated rings. The molecule has 0 aliphatic carbocycles. The summed E-state index contributed by atoms with van der Waals surface area (Å²) in [4.78, 5) is 11.3. The molecule has 0 radical (unpaired) electrons. The van der Waals surface area contributed by atoms with Gasteiger partial charge in [0, 0.05) is 38.8 Å². The summed E-state index contributed by atoms with van der Waals surface area (Å²) in [6.45, 7) is 1.46. The second-order valence-electron chi connectivity index (χ2n) is 5.73. The van der Waals surface area contributed by atoms with Crippen LogP contribution in [0.2, 0.25) is 0 Å². The Hall–Kier alpha value is -1.39. The van der Waals surface area contributed by atoms with E-state index >= 15 is 0 Å². The highest BCUT2D eigenvalue weighted by Crippen LogP contribution is 2.32. The van der Waals surface area contributed by atoms with E-state index in [-0.39, 0.29) is 31.4 Å². The lowest BCUT2D eigenvalue weighted by atomic mass is 10.0. The number of ether oxygens (including phenoxy) is 2. The largest absolute Gasteiger partial charge is 0.496 e. The van der Waals surface area contributed by atoms with Crippen molar-refractivity contribution in [2.75, 3.05) is 47.4 Å². The van der Waals surface area contributed by atoms with Crippen LogP contribution in [0.4, 0.5) is 0 Å². The molecule has 0 bridgehead atoms. The number of hydrogen-bond acceptors (Lipinski definition) is 6. The number of hydrogen-bond donors (Lipinski definition) is 1. The Morgan fingerprint density at radius 3 is 2.69 bits per heavy atom. The predicted molar refractivity (Wildman–Crippen MR) is 101 cm³/mol. The van der Waals surface area contributed by atoms with Crippen LogP contribution in [-0.2, 0) is 19.7 Å². The van der Waals surface area contributed by atoms with Crippen molar-refractivity contribution in [2.45, 2.75) is 12.5 Å². The number of rotatable bonds is 7. The molecule has 1 aliphatic rings. The molecule has 1 aliphatic heterocycles. The van der Waals surface area contributed by atoms with Gasteiger partial charge in [0.15, 0.2) is 0 Å². The summed E-state index contributed by atoms with van der Waals surface area (Å²) in [6.07, 6.45) is 0.0116. The zero-order chi connectivity index (χ0) is 18.4. The van der Waals surface area contributed by atoms with Crippen LogP contribution < -0.4 is 10.1 Å². The van der Waals surface area contributed by atoms with Gasteiger partial charge in [-0.2, -0.15) is 17.0 Å². The lowest BCUT2D eigenvalue weighted by molar-refractivity contribution is -0.140. The molecule has 1 aromatic carbocycles. The van der Waals surface area contributed by atoms with E-state index < -0.39 is 16.2 Å².